The summed E-state index contributed by atoms with van der Waals surface area (Å²) in [4.78, 5) is 17.2. The summed E-state index contributed by atoms with van der Waals surface area (Å²) in [6.07, 6.45) is 4.84. The van der Waals surface area contributed by atoms with Crippen LogP contribution in [0.15, 0.2) is 47.3 Å². The molecule has 88 valence electrons. The Labute approximate surface area is 99.1 Å². The van der Waals surface area contributed by atoms with E-state index in [1.807, 2.05) is 6.07 Å². The number of nitrogens with one attached hydrogen (secondary N) is 1. The minimum absolute atomic E-state index is 0.200. The molecule has 0 aromatic carbocycles. The van der Waals surface area contributed by atoms with Gasteiger partial charge in [0.25, 0.3) is 0 Å². The van der Waals surface area contributed by atoms with Gasteiger partial charge in [0.2, 0.25) is 0 Å². The molecule has 0 saturated heterocycles. The van der Waals surface area contributed by atoms with E-state index in [2.05, 4.69) is 10.3 Å². The number of anilines is 1. The molecule has 2 aromatic rings. The highest BCUT2D eigenvalue weighted by Gasteiger charge is 2.10. The van der Waals surface area contributed by atoms with Crippen molar-refractivity contribution >= 4 is 11.7 Å². The largest absolute Gasteiger partial charge is 0.467 e. The number of pyridine rings is 1. The number of hydrogen-bond donors (Lipinski definition) is 1. The third-order valence-corrected chi connectivity index (χ3v) is 2.23. The second-order valence-electron chi connectivity index (χ2n) is 3.61. The molecular formula is C12H13N3O2. The Morgan fingerprint density at radius 3 is 3.00 bits per heavy atom. The van der Waals surface area contributed by atoms with E-state index in [9.17, 15) is 4.79 Å². The Morgan fingerprint density at radius 1 is 1.47 bits per heavy atom. The molecule has 17 heavy (non-hydrogen) atoms. The Bertz CT molecular complexity index is 468. The van der Waals surface area contributed by atoms with Gasteiger partial charge in [-0.05, 0) is 24.3 Å². The second-order valence-corrected chi connectivity index (χ2v) is 3.61. The molecule has 0 saturated carbocycles. The average Bonchev–Trinajstić information content (AvgIpc) is 2.83. The molecule has 0 aliphatic carbocycles. The molecule has 5 nitrogen and oxygen atoms in total. The Morgan fingerprint density at radius 2 is 2.35 bits per heavy atom. The van der Waals surface area contributed by atoms with Gasteiger partial charge in [0.05, 0.1) is 24.7 Å². The van der Waals surface area contributed by atoms with Crippen LogP contribution in [0.5, 0.6) is 0 Å². The predicted molar refractivity (Wildman–Crippen MR) is 63.4 cm³/mol. The van der Waals surface area contributed by atoms with Gasteiger partial charge in [0.1, 0.15) is 5.76 Å². The molecule has 0 bridgehead atoms. The molecule has 0 atom stereocenters. The summed E-state index contributed by atoms with van der Waals surface area (Å²) >= 11 is 0. The van der Waals surface area contributed by atoms with Gasteiger partial charge in [-0.1, -0.05) is 0 Å². The molecule has 0 aliphatic heterocycles. The van der Waals surface area contributed by atoms with E-state index in [4.69, 9.17) is 4.42 Å². The van der Waals surface area contributed by atoms with E-state index in [-0.39, 0.29) is 6.03 Å². The van der Waals surface area contributed by atoms with E-state index < -0.39 is 0 Å². The molecule has 2 rings (SSSR count). The number of rotatable bonds is 3. The number of amides is 2. The first-order valence-electron chi connectivity index (χ1n) is 5.20. The van der Waals surface area contributed by atoms with Crippen LogP contribution in [0.3, 0.4) is 0 Å². The van der Waals surface area contributed by atoms with E-state index in [0.717, 1.165) is 5.76 Å². The number of urea groups is 1. The number of hydrogen-bond acceptors (Lipinski definition) is 3. The SMILES string of the molecule is CN(Cc1ccco1)C(=O)Nc1cccnc1. The standard InChI is InChI=1S/C12H13N3O2/c1-15(9-11-5-3-7-17-11)12(16)14-10-4-2-6-13-8-10/h2-8H,9H2,1H3,(H,14,16). The fraction of sp³-hybridized carbons (Fsp3) is 0.167. The topological polar surface area (TPSA) is 58.4 Å². The van der Waals surface area contributed by atoms with Gasteiger partial charge >= 0.3 is 6.03 Å². The summed E-state index contributed by atoms with van der Waals surface area (Å²) in [6, 6.07) is 6.97. The van der Waals surface area contributed by atoms with Crippen LogP contribution in [0.1, 0.15) is 5.76 Å². The summed E-state index contributed by atoms with van der Waals surface area (Å²) in [5.74, 6) is 0.744. The number of furan rings is 1. The van der Waals surface area contributed by atoms with Crippen molar-refractivity contribution in [2.75, 3.05) is 12.4 Å². The Balaban J connectivity index is 1.92. The van der Waals surface area contributed by atoms with Crippen molar-refractivity contribution in [2.24, 2.45) is 0 Å². The van der Waals surface area contributed by atoms with Crippen LogP contribution < -0.4 is 5.32 Å². The van der Waals surface area contributed by atoms with Crippen molar-refractivity contribution in [3.05, 3.63) is 48.7 Å². The number of carbonyl (C=O) groups excluding carboxylic acids is 1. The van der Waals surface area contributed by atoms with E-state index >= 15 is 0 Å². The Hall–Kier alpha value is -2.30. The number of aromatic nitrogens is 1. The van der Waals surface area contributed by atoms with Crippen LogP contribution in [0.4, 0.5) is 10.5 Å². The molecular weight excluding hydrogens is 218 g/mol. The first kappa shape index (κ1) is 11.2. The molecule has 0 unspecified atom stereocenters. The highest BCUT2D eigenvalue weighted by Crippen LogP contribution is 2.07. The van der Waals surface area contributed by atoms with Crippen LogP contribution in [-0.4, -0.2) is 23.0 Å². The fourth-order valence-corrected chi connectivity index (χ4v) is 1.36. The van der Waals surface area contributed by atoms with Crippen LogP contribution in [-0.2, 0) is 6.54 Å². The average molecular weight is 231 g/mol. The monoisotopic (exact) mass is 231 g/mol. The molecule has 0 spiro atoms. The molecule has 1 N–H and O–H groups in total. The van der Waals surface area contributed by atoms with Crippen molar-refractivity contribution in [2.45, 2.75) is 6.54 Å². The third kappa shape index (κ3) is 3.07. The zero-order valence-corrected chi connectivity index (χ0v) is 9.46. The highest BCUT2D eigenvalue weighted by molar-refractivity contribution is 5.88. The van der Waals surface area contributed by atoms with Crippen molar-refractivity contribution in [1.82, 2.24) is 9.88 Å². The number of carbonyl (C=O) groups is 1. The maximum atomic E-state index is 11.8. The van der Waals surface area contributed by atoms with Gasteiger partial charge < -0.3 is 14.6 Å². The van der Waals surface area contributed by atoms with Crippen molar-refractivity contribution in [3.63, 3.8) is 0 Å². The normalized spacial score (nSPS) is 9.94. The molecule has 5 heteroatoms. The molecule has 0 fully saturated rings. The summed E-state index contributed by atoms with van der Waals surface area (Å²) in [5, 5.41) is 2.74. The van der Waals surface area contributed by atoms with Gasteiger partial charge in [-0.15, -0.1) is 0 Å². The van der Waals surface area contributed by atoms with Gasteiger partial charge in [-0.3, -0.25) is 4.98 Å². The van der Waals surface area contributed by atoms with Gasteiger partial charge in [0.15, 0.2) is 0 Å². The summed E-state index contributed by atoms with van der Waals surface area (Å²) < 4.78 is 5.17. The zero-order chi connectivity index (χ0) is 12.1. The molecule has 0 aliphatic rings. The summed E-state index contributed by atoms with van der Waals surface area (Å²) in [7, 11) is 1.70. The zero-order valence-electron chi connectivity index (χ0n) is 9.46. The van der Waals surface area contributed by atoms with Crippen LogP contribution in [0.2, 0.25) is 0 Å². The van der Waals surface area contributed by atoms with Crippen LogP contribution in [0.25, 0.3) is 0 Å². The van der Waals surface area contributed by atoms with Crippen LogP contribution in [0, 0.1) is 0 Å². The fourth-order valence-electron chi connectivity index (χ4n) is 1.36. The predicted octanol–water partition coefficient (Wildman–Crippen LogP) is 2.34. The second kappa shape index (κ2) is 5.16. The van der Waals surface area contributed by atoms with Crippen molar-refractivity contribution in [1.29, 1.82) is 0 Å². The van der Waals surface area contributed by atoms with Gasteiger partial charge in [0, 0.05) is 13.2 Å². The molecule has 2 heterocycles. The Kier molecular flexibility index (Phi) is 3.40. The van der Waals surface area contributed by atoms with E-state index in [0.29, 0.717) is 12.2 Å². The summed E-state index contributed by atoms with van der Waals surface area (Å²) in [5.41, 5.74) is 0.670. The van der Waals surface area contributed by atoms with Gasteiger partial charge in [-0.2, -0.15) is 0 Å². The first-order valence-corrected chi connectivity index (χ1v) is 5.20. The van der Waals surface area contributed by atoms with Crippen LogP contribution >= 0.6 is 0 Å². The van der Waals surface area contributed by atoms with E-state index in [1.165, 1.54) is 4.90 Å². The lowest BCUT2D eigenvalue weighted by Crippen LogP contribution is -2.30. The van der Waals surface area contributed by atoms with E-state index in [1.54, 1.807) is 43.9 Å². The maximum Gasteiger partial charge on any atom is 0.322 e. The summed E-state index contributed by atoms with van der Waals surface area (Å²) in [6.45, 7) is 0.430. The smallest absolute Gasteiger partial charge is 0.322 e. The lowest BCUT2D eigenvalue weighted by atomic mass is 10.4. The molecule has 2 aromatic heterocycles. The van der Waals surface area contributed by atoms with Gasteiger partial charge in [-0.25, -0.2) is 4.79 Å². The third-order valence-electron chi connectivity index (χ3n) is 2.23. The highest BCUT2D eigenvalue weighted by atomic mass is 16.3. The molecule has 2 amide bonds. The van der Waals surface area contributed by atoms with Crippen molar-refractivity contribution < 1.29 is 9.21 Å². The lowest BCUT2D eigenvalue weighted by Gasteiger charge is -2.16. The minimum Gasteiger partial charge on any atom is -0.467 e. The molecule has 0 radical (unpaired) electrons. The minimum atomic E-state index is -0.200. The maximum absolute atomic E-state index is 11.8. The number of nitrogens with zero attached hydrogens (tertiary/aromatic N) is 2. The van der Waals surface area contributed by atoms with Crippen molar-refractivity contribution in [3.8, 4) is 0 Å². The first-order chi connectivity index (χ1) is 8.25. The lowest BCUT2D eigenvalue weighted by molar-refractivity contribution is 0.217. The quantitative estimate of drug-likeness (QED) is 0.882.